The van der Waals surface area contributed by atoms with E-state index in [4.69, 9.17) is 0 Å². The molecule has 2 amide bonds. The Bertz CT molecular complexity index is 461. The molecule has 1 heterocycles. The Morgan fingerprint density at radius 2 is 2.00 bits per heavy atom. The Morgan fingerprint density at radius 3 is 2.70 bits per heavy atom. The standard InChI is InChI=1S/C15H20N2O3/c18-13-7-4-8-17(10-13)11-15(20)16-14(19)9-12-5-2-1-3-6-12/h1-3,5-6,13,18H,4,7-11H2,(H,16,19,20)/t13-/m0/s1. The van der Waals surface area contributed by atoms with Crippen molar-refractivity contribution >= 4 is 11.8 Å². The van der Waals surface area contributed by atoms with E-state index in [1.165, 1.54) is 0 Å². The van der Waals surface area contributed by atoms with Gasteiger partial charge in [0.05, 0.1) is 19.1 Å². The highest BCUT2D eigenvalue weighted by molar-refractivity contribution is 5.96. The Kier molecular flexibility index (Phi) is 5.26. The average molecular weight is 276 g/mol. The van der Waals surface area contributed by atoms with Crippen molar-refractivity contribution in [1.29, 1.82) is 0 Å². The maximum absolute atomic E-state index is 11.8. The number of imide groups is 1. The lowest BCUT2D eigenvalue weighted by atomic mass is 10.1. The molecule has 0 spiro atoms. The lowest BCUT2D eigenvalue weighted by Crippen LogP contribution is -2.45. The Morgan fingerprint density at radius 1 is 1.25 bits per heavy atom. The van der Waals surface area contributed by atoms with E-state index in [1.54, 1.807) is 0 Å². The molecular weight excluding hydrogens is 256 g/mol. The van der Waals surface area contributed by atoms with Gasteiger partial charge in [-0.15, -0.1) is 0 Å². The molecule has 1 aromatic rings. The minimum Gasteiger partial charge on any atom is -0.392 e. The highest BCUT2D eigenvalue weighted by Crippen LogP contribution is 2.08. The quantitative estimate of drug-likeness (QED) is 0.831. The van der Waals surface area contributed by atoms with Crippen molar-refractivity contribution in [1.82, 2.24) is 10.2 Å². The normalized spacial score (nSPS) is 19.6. The largest absolute Gasteiger partial charge is 0.392 e. The van der Waals surface area contributed by atoms with E-state index in [1.807, 2.05) is 35.2 Å². The Hall–Kier alpha value is -1.72. The molecule has 0 unspecified atom stereocenters. The number of aliphatic hydroxyl groups excluding tert-OH is 1. The van der Waals surface area contributed by atoms with E-state index in [2.05, 4.69) is 5.32 Å². The molecule has 1 atom stereocenters. The molecule has 0 aliphatic carbocycles. The lowest BCUT2D eigenvalue weighted by Gasteiger charge is -2.29. The summed E-state index contributed by atoms with van der Waals surface area (Å²) in [4.78, 5) is 25.4. The van der Waals surface area contributed by atoms with E-state index in [0.717, 1.165) is 24.9 Å². The van der Waals surface area contributed by atoms with Gasteiger partial charge in [0.15, 0.2) is 0 Å². The van der Waals surface area contributed by atoms with Crippen LogP contribution in [0.3, 0.4) is 0 Å². The number of hydrogen-bond acceptors (Lipinski definition) is 4. The van der Waals surface area contributed by atoms with Gasteiger partial charge in [0.25, 0.3) is 0 Å². The van der Waals surface area contributed by atoms with E-state index in [-0.39, 0.29) is 30.9 Å². The van der Waals surface area contributed by atoms with Crippen molar-refractivity contribution < 1.29 is 14.7 Å². The number of carbonyl (C=O) groups excluding carboxylic acids is 2. The summed E-state index contributed by atoms with van der Waals surface area (Å²) in [6, 6.07) is 9.31. The SMILES string of the molecule is O=C(Cc1ccccc1)NC(=O)CN1CCC[C@H](O)C1. The van der Waals surface area contributed by atoms with Crippen molar-refractivity contribution in [3.8, 4) is 0 Å². The number of carbonyl (C=O) groups is 2. The highest BCUT2D eigenvalue weighted by atomic mass is 16.3. The number of nitrogens with zero attached hydrogens (tertiary/aromatic N) is 1. The third-order valence-electron chi connectivity index (χ3n) is 3.33. The zero-order valence-electron chi connectivity index (χ0n) is 11.4. The van der Waals surface area contributed by atoms with Gasteiger partial charge in [-0.25, -0.2) is 0 Å². The van der Waals surface area contributed by atoms with Crippen LogP contribution in [0.2, 0.25) is 0 Å². The molecule has 0 saturated carbocycles. The number of hydrogen-bond donors (Lipinski definition) is 2. The molecule has 0 bridgehead atoms. The molecule has 108 valence electrons. The second-order valence-electron chi connectivity index (χ2n) is 5.16. The lowest BCUT2D eigenvalue weighted by molar-refractivity contribution is -0.131. The van der Waals surface area contributed by atoms with Crippen LogP contribution in [0.15, 0.2) is 30.3 Å². The summed E-state index contributed by atoms with van der Waals surface area (Å²) in [7, 11) is 0. The van der Waals surface area contributed by atoms with E-state index >= 15 is 0 Å². The van der Waals surface area contributed by atoms with Crippen LogP contribution in [-0.2, 0) is 16.0 Å². The number of likely N-dealkylation sites (tertiary alicyclic amines) is 1. The van der Waals surface area contributed by atoms with Crippen LogP contribution in [0, 0.1) is 0 Å². The number of benzene rings is 1. The summed E-state index contributed by atoms with van der Waals surface area (Å²) in [6.07, 6.45) is 1.50. The molecule has 1 aromatic carbocycles. The predicted molar refractivity (Wildman–Crippen MR) is 75.0 cm³/mol. The molecule has 1 fully saturated rings. The highest BCUT2D eigenvalue weighted by Gasteiger charge is 2.20. The van der Waals surface area contributed by atoms with Crippen molar-refractivity contribution in [3.05, 3.63) is 35.9 Å². The van der Waals surface area contributed by atoms with E-state index in [9.17, 15) is 14.7 Å². The number of piperidine rings is 1. The van der Waals surface area contributed by atoms with Crippen molar-refractivity contribution in [2.45, 2.75) is 25.4 Å². The van der Waals surface area contributed by atoms with Gasteiger partial charge in [0.1, 0.15) is 0 Å². The van der Waals surface area contributed by atoms with Crippen LogP contribution in [0.5, 0.6) is 0 Å². The molecule has 0 radical (unpaired) electrons. The summed E-state index contributed by atoms with van der Waals surface area (Å²) in [6.45, 7) is 1.45. The van der Waals surface area contributed by atoms with E-state index in [0.29, 0.717) is 6.54 Å². The zero-order chi connectivity index (χ0) is 14.4. The molecule has 5 heteroatoms. The minimum absolute atomic E-state index is 0.164. The van der Waals surface area contributed by atoms with Crippen LogP contribution in [0.25, 0.3) is 0 Å². The maximum Gasteiger partial charge on any atom is 0.240 e. The van der Waals surface area contributed by atoms with E-state index < -0.39 is 0 Å². The Balaban J connectivity index is 1.75. The van der Waals surface area contributed by atoms with Crippen LogP contribution in [0.1, 0.15) is 18.4 Å². The zero-order valence-corrected chi connectivity index (χ0v) is 11.4. The molecule has 5 nitrogen and oxygen atoms in total. The number of aliphatic hydroxyl groups is 1. The van der Waals surface area contributed by atoms with Crippen LogP contribution in [0.4, 0.5) is 0 Å². The second kappa shape index (κ2) is 7.17. The van der Waals surface area contributed by atoms with Crippen molar-refractivity contribution in [2.75, 3.05) is 19.6 Å². The summed E-state index contributed by atoms with van der Waals surface area (Å²) in [5, 5.41) is 11.9. The van der Waals surface area contributed by atoms with Gasteiger partial charge in [0.2, 0.25) is 11.8 Å². The smallest absolute Gasteiger partial charge is 0.240 e. The maximum atomic E-state index is 11.8. The molecule has 1 saturated heterocycles. The van der Waals surface area contributed by atoms with Crippen LogP contribution in [-0.4, -0.2) is 47.6 Å². The van der Waals surface area contributed by atoms with Gasteiger partial charge in [-0.05, 0) is 24.9 Å². The molecule has 1 aliphatic heterocycles. The minimum atomic E-state index is -0.364. The number of amides is 2. The first-order chi connectivity index (χ1) is 9.63. The van der Waals surface area contributed by atoms with Gasteiger partial charge in [-0.3, -0.25) is 19.8 Å². The monoisotopic (exact) mass is 276 g/mol. The summed E-state index contributed by atoms with van der Waals surface area (Å²) in [5.41, 5.74) is 0.881. The molecule has 1 aliphatic rings. The predicted octanol–water partition coefficient (Wildman–Crippen LogP) is 0.329. The molecule has 2 N–H and O–H groups in total. The van der Waals surface area contributed by atoms with Crippen LogP contribution >= 0.6 is 0 Å². The van der Waals surface area contributed by atoms with Crippen LogP contribution < -0.4 is 5.32 Å². The van der Waals surface area contributed by atoms with Crippen molar-refractivity contribution in [2.24, 2.45) is 0 Å². The van der Waals surface area contributed by atoms with Gasteiger partial charge in [0, 0.05) is 6.54 Å². The molecular formula is C15H20N2O3. The third kappa shape index (κ3) is 4.75. The number of rotatable bonds is 4. The third-order valence-corrected chi connectivity index (χ3v) is 3.33. The molecule has 20 heavy (non-hydrogen) atoms. The topological polar surface area (TPSA) is 69.6 Å². The van der Waals surface area contributed by atoms with Gasteiger partial charge in [-0.2, -0.15) is 0 Å². The summed E-state index contributed by atoms with van der Waals surface area (Å²) < 4.78 is 0. The summed E-state index contributed by atoms with van der Waals surface area (Å²) >= 11 is 0. The average Bonchev–Trinajstić information content (AvgIpc) is 2.39. The van der Waals surface area contributed by atoms with Gasteiger partial charge >= 0.3 is 0 Å². The van der Waals surface area contributed by atoms with Crippen molar-refractivity contribution in [3.63, 3.8) is 0 Å². The first-order valence-corrected chi connectivity index (χ1v) is 6.90. The fourth-order valence-corrected chi connectivity index (χ4v) is 2.40. The number of β-amino-alcohol motifs (C(OH)–C–C–N with tert-alkyl or cyclic N) is 1. The first-order valence-electron chi connectivity index (χ1n) is 6.90. The summed E-state index contributed by atoms with van der Waals surface area (Å²) in [5.74, 6) is -0.598. The fourth-order valence-electron chi connectivity index (χ4n) is 2.40. The fraction of sp³-hybridized carbons (Fsp3) is 0.467. The van der Waals surface area contributed by atoms with Gasteiger partial charge in [-0.1, -0.05) is 30.3 Å². The molecule has 2 rings (SSSR count). The Labute approximate surface area is 118 Å². The van der Waals surface area contributed by atoms with Gasteiger partial charge < -0.3 is 5.11 Å². The second-order valence-corrected chi connectivity index (χ2v) is 5.16. The number of nitrogens with one attached hydrogen (secondary N) is 1. The first kappa shape index (κ1) is 14.7. The molecule has 0 aromatic heterocycles.